The molecular weight excluding hydrogens is 445 g/mol. The standard InChI is InChI=1S/C24H31ClFN5O2/c1-24(2)7-5-16-9-15(6-8-31(16)24)28-22-20(26)13-27-23(30-22)29-14-3-4-21(19(25)10-14)33-18-11-17(32)12-18/h3-4,10,13,15-18,32H,5-9,11-12H2,1-2H3,(H2,27,28,29,30)/t15-,16-,17?,18?/m0/s1/i18D. The Kier molecular flexibility index (Phi) is 5.76. The van der Waals surface area contributed by atoms with Gasteiger partial charge >= 0.3 is 0 Å². The summed E-state index contributed by atoms with van der Waals surface area (Å²) < 4.78 is 28.3. The molecule has 0 amide bonds. The molecule has 7 nitrogen and oxygen atoms in total. The molecule has 5 rings (SSSR count). The van der Waals surface area contributed by atoms with E-state index >= 15 is 0 Å². The van der Waals surface area contributed by atoms with Gasteiger partial charge in [-0.2, -0.15) is 4.98 Å². The third-order valence-corrected chi connectivity index (χ3v) is 7.33. The molecule has 1 aromatic heterocycles. The average Bonchev–Trinajstić information content (AvgIpc) is 3.05. The van der Waals surface area contributed by atoms with E-state index < -0.39 is 18.0 Å². The number of anilines is 3. The maximum atomic E-state index is 14.5. The molecule has 3 heterocycles. The van der Waals surface area contributed by atoms with Crippen molar-refractivity contribution in [1.82, 2.24) is 14.9 Å². The van der Waals surface area contributed by atoms with Crippen LogP contribution in [0.1, 0.15) is 53.7 Å². The lowest BCUT2D eigenvalue weighted by Gasteiger charge is -2.42. The molecule has 0 radical (unpaired) electrons. The molecule has 3 aliphatic rings. The summed E-state index contributed by atoms with van der Waals surface area (Å²) in [5.74, 6) is 0.342. The number of fused-ring (bicyclic) bond motifs is 1. The van der Waals surface area contributed by atoms with E-state index in [0.717, 1.165) is 25.6 Å². The highest BCUT2D eigenvalue weighted by molar-refractivity contribution is 6.32. The molecule has 0 unspecified atom stereocenters. The Morgan fingerprint density at radius 3 is 2.88 bits per heavy atom. The highest BCUT2D eigenvalue weighted by atomic mass is 35.5. The van der Waals surface area contributed by atoms with E-state index in [1.54, 1.807) is 18.2 Å². The lowest BCUT2D eigenvalue weighted by molar-refractivity contribution is -0.0107. The molecule has 0 bridgehead atoms. The second kappa shape index (κ2) is 8.89. The van der Waals surface area contributed by atoms with Gasteiger partial charge in [0.1, 0.15) is 11.8 Å². The van der Waals surface area contributed by atoms with Crippen molar-refractivity contribution in [2.75, 3.05) is 17.2 Å². The number of rotatable bonds is 6. The number of halogens is 2. The molecule has 3 N–H and O–H groups in total. The highest BCUT2D eigenvalue weighted by Gasteiger charge is 2.42. The van der Waals surface area contributed by atoms with Crippen LogP contribution in [0.15, 0.2) is 24.4 Å². The van der Waals surface area contributed by atoms with Crippen molar-refractivity contribution in [3.8, 4) is 5.75 Å². The number of hydrogen-bond acceptors (Lipinski definition) is 7. The summed E-state index contributed by atoms with van der Waals surface area (Å²) in [6.07, 6.45) is 4.29. The average molecular weight is 477 g/mol. The Morgan fingerprint density at radius 1 is 1.30 bits per heavy atom. The molecule has 2 saturated heterocycles. The van der Waals surface area contributed by atoms with Crippen LogP contribution >= 0.6 is 11.6 Å². The monoisotopic (exact) mass is 476 g/mol. The van der Waals surface area contributed by atoms with Gasteiger partial charge in [-0.3, -0.25) is 4.90 Å². The quantitative estimate of drug-likeness (QED) is 0.555. The fourth-order valence-corrected chi connectivity index (χ4v) is 5.35. The minimum atomic E-state index is -1.15. The summed E-state index contributed by atoms with van der Waals surface area (Å²) in [7, 11) is 0. The molecule has 0 spiro atoms. The zero-order chi connectivity index (χ0) is 24.1. The summed E-state index contributed by atoms with van der Waals surface area (Å²) in [5, 5.41) is 16.1. The second-order valence-corrected chi connectivity index (χ2v) is 10.3. The van der Waals surface area contributed by atoms with Gasteiger partial charge in [-0.1, -0.05) is 11.6 Å². The summed E-state index contributed by atoms with van der Waals surface area (Å²) >= 11 is 6.34. The van der Waals surface area contributed by atoms with Gasteiger partial charge in [0.2, 0.25) is 5.95 Å². The lowest BCUT2D eigenvalue weighted by Crippen LogP contribution is -2.50. The third kappa shape index (κ3) is 4.88. The van der Waals surface area contributed by atoms with Crippen LogP contribution in [0.5, 0.6) is 5.75 Å². The van der Waals surface area contributed by atoms with E-state index in [1.165, 1.54) is 12.8 Å². The molecule has 33 heavy (non-hydrogen) atoms. The molecule has 9 heteroatoms. The van der Waals surface area contributed by atoms with Crippen LogP contribution in [0.4, 0.5) is 21.8 Å². The topological polar surface area (TPSA) is 82.5 Å². The number of piperidine rings is 1. The Hall–Kier alpha value is -2.16. The Bertz CT molecular complexity index is 1070. The number of nitrogens with zero attached hydrogens (tertiary/aromatic N) is 3. The Balaban J connectivity index is 1.23. The summed E-state index contributed by atoms with van der Waals surface area (Å²) in [6, 6.07) is 5.73. The largest absolute Gasteiger partial charge is 0.489 e. The van der Waals surface area contributed by atoms with Gasteiger partial charge in [-0.15, -0.1) is 0 Å². The number of hydrogen-bond donors (Lipinski definition) is 3. The van der Waals surface area contributed by atoms with Crippen molar-refractivity contribution in [2.24, 2.45) is 0 Å². The molecule has 1 aromatic carbocycles. The van der Waals surface area contributed by atoms with Gasteiger partial charge < -0.3 is 20.5 Å². The molecule has 1 saturated carbocycles. The number of aromatic nitrogens is 2. The van der Waals surface area contributed by atoms with Gasteiger partial charge in [-0.25, -0.2) is 9.37 Å². The zero-order valence-electron chi connectivity index (χ0n) is 19.9. The van der Waals surface area contributed by atoms with E-state index in [4.69, 9.17) is 17.7 Å². The van der Waals surface area contributed by atoms with Crippen molar-refractivity contribution in [1.29, 1.82) is 0 Å². The first-order valence-corrected chi connectivity index (χ1v) is 12.0. The van der Waals surface area contributed by atoms with Crippen LogP contribution < -0.4 is 15.4 Å². The minimum Gasteiger partial charge on any atom is -0.489 e. The van der Waals surface area contributed by atoms with Crippen LogP contribution in [-0.2, 0) is 0 Å². The fraction of sp³-hybridized carbons (Fsp3) is 0.583. The number of nitrogens with one attached hydrogen (secondary N) is 2. The van der Waals surface area contributed by atoms with Gasteiger partial charge in [0, 0.05) is 42.7 Å². The molecule has 2 aliphatic heterocycles. The number of aliphatic hydroxyl groups is 1. The first-order chi connectivity index (χ1) is 16.1. The van der Waals surface area contributed by atoms with Gasteiger partial charge in [0.05, 0.1) is 18.7 Å². The number of benzene rings is 1. The third-order valence-electron chi connectivity index (χ3n) is 7.04. The molecule has 178 valence electrons. The highest BCUT2D eigenvalue weighted by Crippen LogP contribution is 2.39. The Labute approximate surface area is 200 Å². The van der Waals surface area contributed by atoms with Crippen LogP contribution in [-0.4, -0.2) is 56.3 Å². The normalized spacial score (nSPS) is 31.3. The van der Waals surface area contributed by atoms with E-state index in [0.29, 0.717) is 22.5 Å². The van der Waals surface area contributed by atoms with Gasteiger partial charge in [-0.05, 0) is 57.7 Å². The van der Waals surface area contributed by atoms with E-state index in [2.05, 4.69) is 39.3 Å². The lowest BCUT2D eigenvalue weighted by atomic mass is 9.92. The van der Waals surface area contributed by atoms with Crippen LogP contribution in [0, 0.1) is 5.82 Å². The Morgan fingerprint density at radius 2 is 2.12 bits per heavy atom. The van der Waals surface area contributed by atoms with E-state index in [9.17, 15) is 9.50 Å². The predicted molar refractivity (Wildman–Crippen MR) is 127 cm³/mol. The summed E-state index contributed by atoms with van der Waals surface area (Å²) in [6.45, 7) is 5.60. The van der Waals surface area contributed by atoms with Crippen LogP contribution in [0.3, 0.4) is 0 Å². The second-order valence-electron chi connectivity index (χ2n) is 9.93. The smallest absolute Gasteiger partial charge is 0.229 e. The zero-order valence-corrected chi connectivity index (χ0v) is 19.7. The molecule has 2 atom stereocenters. The molecular formula is C24H31ClFN5O2. The summed E-state index contributed by atoms with van der Waals surface area (Å²) in [5.41, 5.74) is 0.860. The van der Waals surface area contributed by atoms with Crippen molar-refractivity contribution < 1.29 is 15.6 Å². The minimum absolute atomic E-state index is 0.167. The van der Waals surface area contributed by atoms with Crippen molar-refractivity contribution in [2.45, 2.75) is 82.2 Å². The fourth-order valence-electron chi connectivity index (χ4n) is 5.13. The summed E-state index contributed by atoms with van der Waals surface area (Å²) in [4.78, 5) is 11.0. The van der Waals surface area contributed by atoms with E-state index in [-0.39, 0.29) is 36.2 Å². The molecule has 1 aliphatic carbocycles. The first-order valence-electron chi connectivity index (χ1n) is 12.1. The van der Waals surface area contributed by atoms with Gasteiger partial charge in [0.15, 0.2) is 11.6 Å². The number of ether oxygens (including phenoxy) is 1. The molecule has 2 aromatic rings. The maximum Gasteiger partial charge on any atom is 0.229 e. The number of aliphatic hydroxyl groups excluding tert-OH is 1. The maximum absolute atomic E-state index is 14.5. The van der Waals surface area contributed by atoms with E-state index in [1.807, 2.05) is 0 Å². The van der Waals surface area contributed by atoms with Crippen molar-refractivity contribution >= 4 is 29.1 Å². The SMILES string of the molecule is [2H]C1(Oc2ccc(Nc3ncc(F)c(N[C@H]4CCN5[C@@H](CCC5(C)C)C4)n3)cc2Cl)CC(O)C1. The van der Waals surface area contributed by atoms with Crippen LogP contribution in [0.2, 0.25) is 5.02 Å². The molecule has 3 fully saturated rings. The van der Waals surface area contributed by atoms with Crippen LogP contribution in [0.25, 0.3) is 0 Å². The van der Waals surface area contributed by atoms with Crippen molar-refractivity contribution in [3.05, 3.63) is 35.2 Å². The van der Waals surface area contributed by atoms with Gasteiger partial charge in [0.25, 0.3) is 0 Å². The first kappa shape index (κ1) is 21.4. The predicted octanol–water partition coefficient (Wildman–Crippen LogP) is 4.73. The van der Waals surface area contributed by atoms with Crippen molar-refractivity contribution in [3.63, 3.8) is 0 Å².